The zero-order chi connectivity index (χ0) is 18.9. The highest BCUT2D eigenvalue weighted by atomic mass is 32.2. The molecule has 2 atom stereocenters. The zero-order valence-corrected chi connectivity index (χ0v) is 16.2. The van der Waals surface area contributed by atoms with Crippen molar-refractivity contribution in [3.05, 3.63) is 45.7 Å². The summed E-state index contributed by atoms with van der Waals surface area (Å²) >= 11 is 0. The number of sulfonamides is 1. The smallest absolute Gasteiger partial charge is 0.264 e. The van der Waals surface area contributed by atoms with Crippen molar-refractivity contribution < 1.29 is 8.42 Å². The molecule has 6 nitrogen and oxygen atoms in total. The molecule has 0 unspecified atom stereocenters. The summed E-state index contributed by atoms with van der Waals surface area (Å²) in [5.41, 5.74) is 2.51. The van der Waals surface area contributed by atoms with Gasteiger partial charge in [0.2, 0.25) is 10.0 Å². The fourth-order valence-electron chi connectivity index (χ4n) is 3.51. The number of hydrogen-bond acceptors (Lipinski definition) is 4. The molecule has 0 spiro atoms. The Kier molecular flexibility index (Phi) is 5.29. The summed E-state index contributed by atoms with van der Waals surface area (Å²) in [6.45, 7) is 5.80. The minimum absolute atomic E-state index is 0.0247. The molecule has 0 amide bonds. The predicted octanol–water partition coefficient (Wildman–Crippen LogP) is 2.91. The van der Waals surface area contributed by atoms with Crippen molar-refractivity contribution in [1.29, 1.82) is 0 Å². The van der Waals surface area contributed by atoms with E-state index in [1.807, 2.05) is 19.9 Å². The van der Waals surface area contributed by atoms with Crippen LogP contribution in [0.15, 0.2) is 34.0 Å². The average Bonchev–Trinajstić information content (AvgIpc) is 2.59. The van der Waals surface area contributed by atoms with Gasteiger partial charge < -0.3 is 0 Å². The molecule has 0 aliphatic heterocycles. The second-order valence-electron chi connectivity index (χ2n) is 7.21. The number of H-pyrrole nitrogens is 1. The third-order valence-electron chi connectivity index (χ3n) is 5.30. The van der Waals surface area contributed by atoms with Crippen LogP contribution >= 0.6 is 0 Å². The first kappa shape index (κ1) is 18.8. The summed E-state index contributed by atoms with van der Waals surface area (Å²) in [6, 6.07) is 6.48. The van der Waals surface area contributed by atoms with Crippen molar-refractivity contribution in [1.82, 2.24) is 14.9 Å². The van der Waals surface area contributed by atoms with E-state index < -0.39 is 10.0 Å². The molecule has 1 aromatic carbocycles. The van der Waals surface area contributed by atoms with E-state index in [0.717, 1.165) is 36.8 Å². The van der Waals surface area contributed by atoms with Crippen LogP contribution in [0.5, 0.6) is 0 Å². The average molecular weight is 375 g/mol. The first-order valence-corrected chi connectivity index (χ1v) is 10.5. The van der Waals surface area contributed by atoms with Crippen LogP contribution in [0.2, 0.25) is 0 Å². The minimum Gasteiger partial charge on any atom is -0.268 e. The predicted molar refractivity (Wildman–Crippen MR) is 102 cm³/mol. The van der Waals surface area contributed by atoms with Crippen LogP contribution in [0, 0.1) is 19.8 Å². The third-order valence-corrected chi connectivity index (χ3v) is 6.92. The van der Waals surface area contributed by atoms with E-state index in [1.165, 1.54) is 6.07 Å². The first-order valence-electron chi connectivity index (χ1n) is 8.97. The highest BCUT2D eigenvalue weighted by Crippen LogP contribution is 2.29. The van der Waals surface area contributed by atoms with E-state index in [4.69, 9.17) is 0 Å². The Morgan fingerprint density at radius 2 is 1.88 bits per heavy atom. The highest BCUT2D eigenvalue weighted by molar-refractivity contribution is 7.89. The molecule has 0 saturated heterocycles. The number of aromatic nitrogens is 2. The summed E-state index contributed by atoms with van der Waals surface area (Å²) in [7, 11) is -3.63. The fourth-order valence-corrected chi connectivity index (χ4v) is 5.24. The molecule has 2 aromatic rings. The van der Waals surface area contributed by atoms with Crippen molar-refractivity contribution in [3.63, 3.8) is 0 Å². The van der Waals surface area contributed by atoms with Gasteiger partial charge in [0.15, 0.2) is 0 Å². The SMILES string of the molecule is Cc1cc(-c2ccc(=O)[nH]n2)cc(S(=O)(=O)N[C@H]2CCCC[C@H]2C)c1C. The van der Waals surface area contributed by atoms with Crippen molar-refractivity contribution in [3.8, 4) is 11.3 Å². The third kappa shape index (κ3) is 3.88. The maximum absolute atomic E-state index is 13.1. The number of aromatic amines is 1. The quantitative estimate of drug-likeness (QED) is 0.859. The van der Waals surface area contributed by atoms with E-state index in [0.29, 0.717) is 17.2 Å². The second kappa shape index (κ2) is 7.32. The normalized spacial score (nSPS) is 20.9. The van der Waals surface area contributed by atoms with Gasteiger partial charge in [-0.25, -0.2) is 18.2 Å². The van der Waals surface area contributed by atoms with Crippen LogP contribution in [0.25, 0.3) is 11.3 Å². The number of aryl methyl sites for hydroxylation is 1. The number of benzene rings is 1. The van der Waals surface area contributed by atoms with Crippen LogP contribution in [-0.2, 0) is 10.0 Å². The maximum Gasteiger partial charge on any atom is 0.264 e. The van der Waals surface area contributed by atoms with E-state index >= 15 is 0 Å². The van der Waals surface area contributed by atoms with Gasteiger partial charge in [0.1, 0.15) is 0 Å². The summed E-state index contributed by atoms with van der Waals surface area (Å²) < 4.78 is 29.0. The topological polar surface area (TPSA) is 91.9 Å². The molecule has 1 fully saturated rings. The number of nitrogens with one attached hydrogen (secondary N) is 2. The lowest BCUT2D eigenvalue weighted by Crippen LogP contribution is -2.41. The van der Waals surface area contributed by atoms with Crippen molar-refractivity contribution in [2.75, 3.05) is 0 Å². The Balaban J connectivity index is 2.00. The van der Waals surface area contributed by atoms with Gasteiger partial charge in [-0.1, -0.05) is 19.8 Å². The van der Waals surface area contributed by atoms with Gasteiger partial charge in [0, 0.05) is 17.7 Å². The van der Waals surface area contributed by atoms with Crippen LogP contribution in [0.4, 0.5) is 0 Å². The van der Waals surface area contributed by atoms with Gasteiger partial charge in [-0.2, -0.15) is 5.10 Å². The summed E-state index contributed by atoms with van der Waals surface area (Å²) in [5, 5.41) is 6.41. The monoisotopic (exact) mass is 375 g/mol. The van der Waals surface area contributed by atoms with Crippen LogP contribution < -0.4 is 10.3 Å². The molecule has 0 radical (unpaired) electrons. The Morgan fingerprint density at radius 1 is 1.15 bits per heavy atom. The summed E-state index contributed by atoms with van der Waals surface area (Å²) in [5.74, 6) is 0.337. The van der Waals surface area contributed by atoms with Gasteiger partial charge in [-0.3, -0.25) is 4.79 Å². The van der Waals surface area contributed by atoms with Gasteiger partial charge >= 0.3 is 0 Å². The lowest BCUT2D eigenvalue weighted by atomic mass is 9.87. The van der Waals surface area contributed by atoms with Gasteiger partial charge in [-0.15, -0.1) is 0 Å². The molecule has 2 N–H and O–H groups in total. The van der Waals surface area contributed by atoms with E-state index in [9.17, 15) is 13.2 Å². The number of rotatable bonds is 4. The molecule has 7 heteroatoms. The molecule has 140 valence electrons. The fraction of sp³-hybridized carbons (Fsp3) is 0.474. The van der Waals surface area contributed by atoms with Crippen LogP contribution in [-0.4, -0.2) is 24.7 Å². The molecule has 1 aliphatic carbocycles. The van der Waals surface area contributed by atoms with E-state index in [1.54, 1.807) is 12.1 Å². The Bertz CT molecular complexity index is 946. The molecule has 1 heterocycles. The first-order chi connectivity index (χ1) is 12.3. The number of nitrogens with zero attached hydrogens (tertiary/aromatic N) is 1. The molecular formula is C19H25N3O3S. The molecule has 1 aliphatic rings. The van der Waals surface area contributed by atoms with Crippen molar-refractivity contribution in [2.45, 2.75) is 57.4 Å². The Labute approximate surface area is 154 Å². The number of hydrogen-bond donors (Lipinski definition) is 2. The second-order valence-corrected chi connectivity index (χ2v) is 8.89. The molecule has 1 saturated carbocycles. The summed E-state index contributed by atoms with van der Waals surface area (Å²) in [4.78, 5) is 11.5. The van der Waals surface area contributed by atoms with Gasteiger partial charge in [0.05, 0.1) is 10.6 Å². The molecule has 26 heavy (non-hydrogen) atoms. The van der Waals surface area contributed by atoms with Crippen molar-refractivity contribution >= 4 is 10.0 Å². The highest BCUT2D eigenvalue weighted by Gasteiger charge is 2.28. The van der Waals surface area contributed by atoms with Crippen LogP contribution in [0.1, 0.15) is 43.7 Å². The molecule has 1 aromatic heterocycles. The van der Waals surface area contributed by atoms with Gasteiger partial charge in [0.25, 0.3) is 5.56 Å². The molecular weight excluding hydrogens is 350 g/mol. The largest absolute Gasteiger partial charge is 0.268 e. The Hall–Kier alpha value is -1.99. The van der Waals surface area contributed by atoms with Crippen molar-refractivity contribution in [2.24, 2.45) is 5.92 Å². The lowest BCUT2D eigenvalue weighted by Gasteiger charge is -2.29. The minimum atomic E-state index is -3.63. The molecule has 0 bridgehead atoms. The van der Waals surface area contributed by atoms with Crippen LogP contribution in [0.3, 0.4) is 0 Å². The molecule has 3 rings (SSSR count). The van der Waals surface area contributed by atoms with Gasteiger partial charge in [-0.05, 0) is 61.9 Å². The zero-order valence-electron chi connectivity index (χ0n) is 15.4. The lowest BCUT2D eigenvalue weighted by molar-refractivity contribution is 0.310. The standard InChI is InChI=1S/C19H25N3O3S/c1-12-6-4-5-7-16(12)22-26(24,25)18-11-15(10-13(2)14(18)3)17-8-9-19(23)21-20-17/h8-12,16,22H,4-7H2,1-3H3,(H,21,23)/t12-,16+/m1/s1. The maximum atomic E-state index is 13.1. The van der Waals surface area contributed by atoms with E-state index in [-0.39, 0.29) is 16.5 Å². The Morgan fingerprint density at radius 3 is 2.54 bits per heavy atom. The summed E-state index contributed by atoms with van der Waals surface area (Å²) in [6.07, 6.45) is 4.13. The van der Waals surface area contributed by atoms with E-state index in [2.05, 4.69) is 21.8 Å².